The number of hydrogen-bond donors (Lipinski definition) is 1. The summed E-state index contributed by atoms with van der Waals surface area (Å²) in [5.74, 6) is -0.225. The van der Waals surface area contributed by atoms with Gasteiger partial charge in [0.1, 0.15) is 4.83 Å². The van der Waals surface area contributed by atoms with Crippen LogP contribution in [0.2, 0.25) is 0 Å². The molecule has 0 aliphatic carbocycles. The van der Waals surface area contributed by atoms with Gasteiger partial charge in [-0.3, -0.25) is 14.4 Å². The zero-order valence-electron chi connectivity index (χ0n) is 16.6. The van der Waals surface area contributed by atoms with Crippen LogP contribution in [0.15, 0.2) is 64.6 Å². The van der Waals surface area contributed by atoms with Gasteiger partial charge < -0.3 is 14.5 Å². The number of nitrogens with zero attached hydrogens (tertiary/aromatic N) is 3. The minimum Gasteiger partial charge on any atom is -0.347 e. The van der Waals surface area contributed by atoms with Crippen molar-refractivity contribution < 1.29 is 4.79 Å². The van der Waals surface area contributed by atoms with Gasteiger partial charge in [0.15, 0.2) is 0 Å². The number of hydrogen-bond acceptors (Lipinski definition) is 5. The lowest BCUT2D eigenvalue weighted by molar-refractivity contribution is 0.0954. The van der Waals surface area contributed by atoms with Crippen molar-refractivity contribution >= 4 is 27.5 Å². The van der Waals surface area contributed by atoms with E-state index in [2.05, 4.69) is 10.3 Å². The second-order valence-corrected chi connectivity index (χ2v) is 8.06. The predicted molar refractivity (Wildman–Crippen MR) is 117 cm³/mol. The predicted octanol–water partition coefficient (Wildman–Crippen LogP) is 2.44. The van der Waals surface area contributed by atoms with Crippen molar-refractivity contribution in [3.8, 4) is 0 Å². The Balaban J connectivity index is 1.45. The fourth-order valence-electron chi connectivity index (χ4n) is 3.24. The van der Waals surface area contributed by atoms with E-state index in [-0.39, 0.29) is 17.0 Å². The van der Waals surface area contributed by atoms with E-state index in [4.69, 9.17) is 0 Å². The number of pyridine rings is 1. The Kier molecular flexibility index (Phi) is 5.33. The van der Waals surface area contributed by atoms with Crippen molar-refractivity contribution in [3.05, 3.63) is 97.3 Å². The molecule has 1 N–H and O–H groups in total. The lowest BCUT2D eigenvalue weighted by atomic mass is 10.1. The molecule has 0 saturated carbocycles. The van der Waals surface area contributed by atoms with E-state index in [1.54, 1.807) is 30.8 Å². The number of aryl methyl sites for hydroxylation is 2. The summed E-state index contributed by atoms with van der Waals surface area (Å²) < 4.78 is 3.05. The van der Waals surface area contributed by atoms with Crippen molar-refractivity contribution in [2.45, 2.75) is 20.0 Å². The van der Waals surface area contributed by atoms with E-state index in [1.807, 2.05) is 30.3 Å². The maximum Gasteiger partial charge on any atom is 0.262 e. The lowest BCUT2D eigenvalue weighted by Gasteiger charge is -2.08. The van der Waals surface area contributed by atoms with Crippen molar-refractivity contribution in [1.82, 2.24) is 19.4 Å². The fraction of sp³-hybridized carbons (Fsp3) is 0.182. The first kappa shape index (κ1) is 19.8. The highest BCUT2D eigenvalue weighted by Gasteiger charge is 2.18. The molecule has 0 aliphatic heterocycles. The molecular weight excluding hydrogens is 400 g/mol. The third-order valence-electron chi connectivity index (χ3n) is 4.94. The van der Waals surface area contributed by atoms with Crippen LogP contribution < -0.4 is 16.4 Å². The van der Waals surface area contributed by atoms with Crippen molar-refractivity contribution in [2.75, 3.05) is 0 Å². The van der Waals surface area contributed by atoms with E-state index in [0.29, 0.717) is 33.7 Å². The molecule has 1 amide bonds. The number of nitrogens with one attached hydrogen (secondary N) is 1. The largest absolute Gasteiger partial charge is 0.347 e. The maximum absolute atomic E-state index is 12.7. The monoisotopic (exact) mass is 420 g/mol. The van der Waals surface area contributed by atoms with Crippen LogP contribution in [0.25, 0.3) is 10.2 Å². The fourth-order valence-corrected chi connectivity index (χ4v) is 4.29. The second-order valence-electron chi connectivity index (χ2n) is 7.06. The number of fused-ring (bicyclic) bond motifs is 1. The standard InChI is InChI=1S/C22H20N4O3S/c1-14-18-21(24-13-25(2)22(18)29)30-19(14)20(28)23-11-15-6-8-16(9-7-15)12-26-10-4-3-5-17(26)27/h3-10,13H,11-12H2,1-2H3,(H,23,28). The number of benzene rings is 1. The van der Waals surface area contributed by atoms with E-state index in [9.17, 15) is 14.4 Å². The van der Waals surface area contributed by atoms with Gasteiger partial charge in [-0.1, -0.05) is 30.3 Å². The molecule has 30 heavy (non-hydrogen) atoms. The summed E-state index contributed by atoms with van der Waals surface area (Å²) >= 11 is 1.23. The Bertz CT molecular complexity index is 1350. The van der Waals surface area contributed by atoms with Gasteiger partial charge in [-0.05, 0) is 29.7 Å². The van der Waals surface area contributed by atoms with E-state index >= 15 is 0 Å². The molecular formula is C22H20N4O3S. The second kappa shape index (κ2) is 8.08. The quantitative estimate of drug-likeness (QED) is 0.537. The molecule has 0 radical (unpaired) electrons. The Morgan fingerprint density at radius 3 is 2.57 bits per heavy atom. The zero-order valence-corrected chi connectivity index (χ0v) is 17.4. The Hall–Kier alpha value is -3.52. The molecule has 3 aromatic heterocycles. The molecule has 7 nitrogen and oxygen atoms in total. The maximum atomic E-state index is 12.7. The van der Waals surface area contributed by atoms with Gasteiger partial charge in [0.05, 0.1) is 23.1 Å². The summed E-state index contributed by atoms with van der Waals surface area (Å²) in [6.45, 7) is 2.63. The molecule has 1 aromatic carbocycles. The van der Waals surface area contributed by atoms with Gasteiger partial charge in [0.2, 0.25) is 0 Å². The first-order valence-electron chi connectivity index (χ1n) is 9.40. The van der Waals surface area contributed by atoms with E-state index < -0.39 is 0 Å². The number of carbonyl (C=O) groups is 1. The van der Waals surface area contributed by atoms with Crippen LogP contribution in [0.5, 0.6) is 0 Å². The molecule has 0 unspecified atom stereocenters. The summed E-state index contributed by atoms with van der Waals surface area (Å²) in [6, 6.07) is 12.8. The Labute approximate surface area is 176 Å². The third-order valence-corrected chi connectivity index (χ3v) is 6.14. The van der Waals surface area contributed by atoms with Crippen molar-refractivity contribution in [1.29, 1.82) is 0 Å². The normalized spacial score (nSPS) is 11.0. The van der Waals surface area contributed by atoms with Crippen LogP contribution in [0.3, 0.4) is 0 Å². The molecule has 0 atom stereocenters. The van der Waals surface area contributed by atoms with Crippen LogP contribution >= 0.6 is 11.3 Å². The van der Waals surface area contributed by atoms with Gasteiger partial charge in [0.25, 0.3) is 17.0 Å². The Morgan fingerprint density at radius 1 is 1.10 bits per heavy atom. The van der Waals surface area contributed by atoms with Crippen molar-refractivity contribution in [3.63, 3.8) is 0 Å². The SMILES string of the molecule is Cc1c(C(=O)NCc2ccc(Cn3ccccc3=O)cc2)sc2ncn(C)c(=O)c12. The Morgan fingerprint density at radius 2 is 1.83 bits per heavy atom. The molecule has 4 aromatic rings. The smallest absolute Gasteiger partial charge is 0.262 e. The molecule has 0 aliphatic rings. The molecule has 8 heteroatoms. The first-order valence-corrected chi connectivity index (χ1v) is 10.2. The zero-order chi connectivity index (χ0) is 21.3. The minimum atomic E-state index is -0.225. The first-order chi connectivity index (χ1) is 14.4. The number of amides is 1. The number of carbonyl (C=O) groups excluding carboxylic acids is 1. The minimum absolute atomic E-state index is 0.0446. The van der Waals surface area contributed by atoms with Crippen LogP contribution in [-0.4, -0.2) is 20.0 Å². The molecule has 0 spiro atoms. The summed E-state index contributed by atoms with van der Waals surface area (Å²) in [5.41, 5.74) is 2.41. The van der Waals surface area contributed by atoms with Crippen LogP contribution in [0.1, 0.15) is 26.4 Å². The molecule has 4 rings (SSSR count). The molecule has 0 bridgehead atoms. The van der Waals surface area contributed by atoms with Gasteiger partial charge in [-0.2, -0.15) is 0 Å². The van der Waals surface area contributed by atoms with Crippen LogP contribution in [0, 0.1) is 6.92 Å². The van der Waals surface area contributed by atoms with Crippen LogP contribution in [0.4, 0.5) is 0 Å². The summed E-state index contributed by atoms with van der Waals surface area (Å²) in [4.78, 5) is 42.1. The summed E-state index contributed by atoms with van der Waals surface area (Å²) in [6.07, 6.45) is 3.22. The number of thiophene rings is 1. The molecule has 3 heterocycles. The lowest BCUT2D eigenvalue weighted by Crippen LogP contribution is -2.23. The third kappa shape index (κ3) is 3.81. The number of aromatic nitrogens is 3. The highest BCUT2D eigenvalue weighted by atomic mass is 32.1. The highest BCUT2D eigenvalue weighted by molar-refractivity contribution is 7.20. The highest BCUT2D eigenvalue weighted by Crippen LogP contribution is 2.26. The average Bonchev–Trinajstić information content (AvgIpc) is 3.09. The number of rotatable bonds is 5. The summed E-state index contributed by atoms with van der Waals surface area (Å²) in [7, 11) is 1.64. The summed E-state index contributed by atoms with van der Waals surface area (Å²) in [5, 5.41) is 3.41. The van der Waals surface area contributed by atoms with Gasteiger partial charge in [-0.25, -0.2) is 4.98 Å². The van der Waals surface area contributed by atoms with Crippen LogP contribution in [-0.2, 0) is 20.1 Å². The van der Waals surface area contributed by atoms with Crippen molar-refractivity contribution in [2.24, 2.45) is 7.05 Å². The molecule has 0 saturated heterocycles. The van der Waals surface area contributed by atoms with E-state index in [1.165, 1.54) is 28.3 Å². The average molecular weight is 420 g/mol. The molecule has 0 fully saturated rings. The van der Waals surface area contributed by atoms with E-state index in [0.717, 1.165) is 11.1 Å². The molecule has 152 valence electrons. The topological polar surface area (TPSA) is 86.0 Å². The van der Waals surface area contributed by atoms with Gasteiger partial charge in [-0.15, -0.1) is 11.3 Å². The van der Waals surface area contributed by atoms with Gasteiger partial charge >= 0.3 is 0 Å². The van der Waals surface area contributed by atoms with Gasteiger partial charge in [0, 0.05) is 25.9 Å².